The van der Waals surface area contributed by atoms with Crippen LogP contribution < -0.4 is 16.9 Å². The van der Waals surface area contributed by atoms with Crippen molar-refractivity contribution in [2.75, 3.05) is 25.5 Å². The van der Waals surface area contributed by atoms with E-state index in [-0.39, 0.29) is 18.9 Å². The minimum absolute atomic E-state index is 0.0902. The Morgan fingerprint density at radius 3 is 2.24 bits per heavy atom. The van der Waals surface area contributed by atoms with Gasteiger partial charge in [0.2, 0.25) is 0 Å². The highest BCUT2D eigenvalue weighted by molar-refractivity contribution is 6.02. The molecule has 0 fully saturated rings. The van der Waals surface area contributed by atoms with Crippen molar-refractivity contribution < 1.29 is 22.7 Å². The van der Waals surface area contributed by atoms with E-state index >= 15 is 0 Å². The van der Waals surface area contributed by atoms with Crippen LogP contribution in [0.5, 0.6) is 0 Å². The van der Waals surface area contributed by atoms with Crippen LogP contribution in [0, 0.1) is 0 Å². The zero-order valence-electron chi connectivity index (χ0n) is 19.0. The highest BCUT2D eigenvalue weighted by Crippen LogP contribution is 2.30. The van der Waals surface area contributed by atoms with Crippen molar-refractivity contribution in [3.63, 3.8) is 0 Å². The zero-order chi connectivity index (χ0) is 24.8. The number of amidine groups is 1. The Bertz CT molecular complexity index is 971. The number of carbonyl (C=O) groups is 1. The van der Waals surface area contributed by atoms with Crippen LogP contribution in [-0.4, -0.2) is 47.7 Å². The maximum atomic E-state index is 12.8. The molecule has 2 rings (SSSR count). The first kappa shape index (κ1) is 25.8. The molecule has 0 saturated heterocycles. The van der Waals surface area contributed by atoms with Gasteiger partial charge in [0.05, 0.1) is 12.1 Å². The number of carbonyl (C=O) groups excluding carboxylic acids is 1. The SMILES string of the molecule is CN(CCN(N)/N=C(\N)c1ccccc1Nc1ccc(C(F)(F)F)cc1)C(=O)OC(C)(C)C. The number of nitrogens with two attached hydrogens (primary N) is 2. The molecule has 8 nitrogen and oxygen atoms in total. The van der Waals surface area contributed by atoms with Crippen LogP contribution in [-0.2, 0) is 10.9 Å². The van der Waals surface area contributed by atoms with Crippen molar-refractivity contribution in [1.82, 2.24) is 10.0 Å². The Morgan fingerprint density at radius 1 is 1.06 bits per heavy atom. The summed E-state index contributed by atoms with van der Waals surface area (Å²) in [5.74, 6) is 6.00. The standard InChI is InChI=1S/C22H29F3N6O2/c1-21(2,3)33-20(32)30(4)13-14-31(27)29-19(26)17-7-5-6-8-18(17)28-16-11-9-15(10-12-16)22(23,24)25/h5-12,28H,13-14,27H2,1-4H3,(H2,26,29). The highest BCUT2D eigenvalue weighted by Gasteiger charge is 2.30. The number of nitrogens with one attached hydrogen (secondary N) is 1. The van der Waals surface area contributed by atoms with Crippen molar-refractivity contribution in [2.24, 2.45) is 16.7 Å². The minimum Gasteiger partial charge on any atom is -0.444 e. The molecule has 0 bridgehead atoms. The molecule has 2 aromatic carbocycles. The smallest absolute Gasteiger partial charge is 0.416 e. The van der Waals surface area contributed by atoms with Gasteiger partial charge in [-0.25, -0.2) is 15.8 Å². The first-order valence-electron chi connectivity index (χ1n) is 10.1. The first-order chi connectivity index (χ1) is 15.3. The third-order valence-corrected chi connectivity index (χ3v) is 4.30. The average molecular weight is 467 g/mol. The first-order valence-corrected chi connectivity index (χ1v) is 10.1. The molecule has 1 amide bonds. The number of anilines is 2. The van der Waals surface area contributed by atoms with Crippen LogP contribution >= 0.6 is 0 Å². The molecule has 0 radical (unpaired) electrons. The van der Waals surface area contributed by atoms with E-state index in [9.17, 15) is 18.0 Å². The van der Waals surface area contributed by atoms with Crippen LogP contribution in [0.1, 0.15) is 31.9 Å². The van der Waals surface area contributed by atoms with Crippen molar-refractivity contribution in [1.29, 1.82) is 0 Å². The van der Waals surface area contributed by atoms with E-state index in [0.717, 1.165) is 17.3 Å². The second-order valence-electron chi connectivity index (χ2n) is 8.30. The lowest BCUT2D eigenvalue weighted by Crippen LogP contribution is -2.40. The second kappa shape index (κ2) is 10.4. The molecule has 0 spiro atoms. The van der Waals surface area contributed by atoms with Gasteiger partial charge in [-0.05, 0) is 57.2 Å². The van der Waals surface area contributed by atoms with Crippen molar-refractivity contribution in [2.45, 2.75) is 32.5 Å². The Hall–Kier alpha value is -3.47. The van der Waals surface area contributed by atoms with Gasteiger partial charge in [-0.2, -0.15) is 13.2 Å². The molecule has 33 heavy (non-hydrogen) atoms. The van der Waals surface area contributed by atoms with Gasteiger partial charge in [0, 0.05) is 30.5 Å². The monoisotopic (exact) mass is 466 g/mol. The summed E-state index contributed by atoms with van der Waals surface area (Å²) in [6.45, 7) is 5.75. The highest BCUT2D eigenvalue weighted by atomic mass is 19.4. The number of hydrazone groups is 1. The fraction of sp³-hybridized carbons (Fsp3) is 0.364. The lowest BCUT2D eigenvalue weighted by Gasteiger charge is -2.25. The summed E-state index contributed by atoms with van der Waals surface area (Å²) >= 11 is 0. The number of hydrogen-bond acceptors (Lipinski definition) is 6. The fourth-order valence-electron chi connectivity index (χ4n) is 2.64. The van der Waals surface area contributed by atoms with E-state index in [2.05, 4.69) is 10.4 Å². The number of amides is 1. The van der Waals surface area contributed by atoms with Crippen LogP contribution in [0.25, 0.3) is 0 Å². The van der Waals surface area contributed by atoms with Crippen LogP contribution in [0.4, 0.5) is 29.3 Å². The summed E-state index contributed by atoms with van der Waals surface area (Å²) in [5.41, 5.74) is 6.26. The summed E-state index contributed by atoms with van der Waals surface area (Å²) in [6.07, 6.45) is -4.89. The third kappa shape index (κ3) is 8.19. The molecule has 0 saturated carbocycles. The average Bonchev–Trinajstić information content (AvgIpc) is 2.70. The second-order valence-corrected chi connectivity index (χ2v) is 8.30. The summed E-state index contributed by atoms with van der Waals surface area (Å²) in [6, 6.07) is 11.5. The molecule has 11 heteroatoms. The fourth-order valence-corrected chi connectivity index (χ4v) is 2.64. The third-order valence-electron chi connectivity index (χ3n) is 4.30. The minimum atomic E-state index is -4.41. The Kier molecular flexibility index (Phi) is 8.15. The molecule has 0 unspecified atom stereocenters. The van der Waals surface area contributed by atoms with Crippen molar-refractivity contribution in [3.05, 3.63) is 59.7 Å². The van der Waals surface area contributed by atoms with Gasteiger partial charge in [-0.3, -0.25) is 0 Å². The Labute approximate surface area is 190 Å². The molecule has 0 aromatic heterocycles. The molecule has 0 atom stereocenters. The van der Waals surface area contributed by atoms with Gasteiger partial charge in [-0.15, -0.1) is 5.10 Å². The quantitative estimate of drug-likeness (QED) is 0.245. The van der Waals surface area contributed by atoms with E-state index in [1.165, 1.54) is 17.0 Å². The maximum absolute atomic E-state index is 12.8. The molecular formula is C22H29F3N6O2. The number of hydrogen-bond donors (Lipinski definition) is 3. The number of halogens is 3. The maximum Gasteiger partial charge on any atom is 0.416 e. The normalized spacial score (nSPS) is 12.3. The lowest BCUT2D eigenvalue weighted by molar-refractivity contribution is -0.137. The Balaban J connectivity index is 2.06. The number of ether oxygens (including phenoxy) is 1. The van der Waals surface area contributed by atoms with E-state index < -0.39 is 23.4 Å². The van der Waals surface area contributed by atoms with Gasteiger partial charge in [0.15, 0.2) is 5.84 Å². The number of rotatable bonds is 7. The molecule has 0 aliphatic rings. The largest absolute Gasteiger partial charge is 0.444 e. The summed E-state index contributed by atoms with van der Waals surface area (Å²) in [5, 5.41) is 8.28. The van der Waals surface area contributed by atoms with Crippen molar-refractivity contribution in [3.8, 4) is 0 Å². The number of hydrazine groups is 1. The number of nitrogens with zero attached hydrogens (tertiary/aromatic N) is 3. The van der Waals surface area contributed by atoms with Gasteiger partial charge in [0.25, 0.3) is 0 Å². The number of para-hydroxylation sites is 1. The van der Waals surface area contributed by atoms with E-state index in [1.807, 2.05) is 0 Å². The molecule has 0 aliphatic heterocycles. The van der Waals surface area contributed by atoms with Crippen molar-refractivity contribution >= 4 is 23.3 Å². The zero-order valence-corrected chi connectivity index (χ0v) is 19.0. The predicted octanol–water partition coefficient (Wildman–Crippen LogP) is 4.11. The van der Waals surface area contributed by atoms with Gasteiger partial charge in [0.1, 0.15) is 5.60 Å². The number of benzene rings is 2. The summed E-state index contributed by atoms with van der Waals surface area (Å²) in [7, 11) is 1.58. The van der Waals surface area contributed by atoms with E-state index in [4.69, 9.17) is 16.3 Å². The van der Waals surface area contributed by atoms with E-state index in [1.54, 1.807) is 52.1 Å². The van der Waals surface area contributed by atoms with Gasteiger partial charge >= 0.3 is 12.3 Å². The topological polar surface area (TPSA) is 109 Å². The summed E-state index contributed by atoms with van der Waals surface area (Å²) in [4.78, 5) is 13.4. The Morgan fingerprint density at radius 2 is 1.67 bits per heavy atom. The molecule has 0 aliphatic carbocycles. The molecule has 5 N–H and O–H groups in total. The lowest BCUT2D eigenvalue weighted by atomic mass is 10.1. The van der Waals surface area contributed by atoms with Crippen LogP contribution in [0.15, 0.2) is 53.6 Å². The number of alkyl halides is 3. The molecule has 2 aromatic rings. The molecule has 180 valence electrons. The van der Waals surface area contributed by atoms with Crippen LogP contribution in [0.2, 0.25) is 0 Å². The van der Waals surface area contributed by atoms with Gasteiger partial charge < -0.3 is 20.7 Å². The van der Waals surface area contributed by atoms with Crippen LogP contribution in [0.3, 0.4) is 0 Å². The molecule has 0 heterocycles. The molecular weight excluding hydrogens is 437 g/mol. The van der Waals surface area contributed by atoms with Gasteiger partial charge in [-0.1, -0.05) is 12.1 Å². The predicted molar refractivity (Wildman–Crippen MR) is 122 cm³/mol. The summed E-state index contributed by atoms with van der Waals surface area (Å²) < 4.78 is 43.6. The number of likely N-dealkylation sites (N-methyl/N-ethyl adjacent to an activating group) is 1. The van der Waals surface area contributed by atoms with E-state index in [0.29, 0.717) is 16.9 Å².